The molecule has 7 nitrogen and oxygen atoms in total. The highest BCUT2D eigenvalue weighted by Crippen LogP contribution is 2.51. The van der Waals surface area contributed by atoms with E-state index in [9.17, 15) is 19.8 Å². The van der Waals surface area contributed by atoms with Crippen LogP contribution in [0.2, 0.25) is 0 Å². The minimum absolute atomic E-state index is 0.0488. The van der Waals surface area contributed by atoms with Crippen LogP contribution in [0.3, 0.4) is 0 Å². The number of ether oxygens (including phenoxy) is 2. The standard InChI is InChI=1S/C18H19NO6/c20-11(9-24-12-4-2-1-3-5-12)8-19-10-18-7-6-13(25-18)14(17(22)23)15(18)16(19)21/h1-7,11,13-15,20H,8-10H2,(H,22,23)/t11-,13+,14+,15+,18-/m1/s1. The average Bonchev–Trinajstić information content (AvgIpc) is 3.22. The first kappa shape index (κ1) is 16.1. The number of amides is 1. The van der Waals surface area contributed by atoms with Crippen molar-refractivity contribution in [2.45, 2.75) is 17.8 Å². The lowest BCUT2D eigenvalue weighted by molar-refractivity contribution is -0.148. The number of para-hydroxylation sites is 1. The van der Waals surface area contributed by atoms with Gasteiger partial charge in [0.2, 0.25) is 5.91 Å². The molecule has 7 heteroatoms. The lowest BCUT2D eigenvalue weighted by Crippen LogP contribution is -2.40. The van der Waals surface area contributed by atoms with E-state index in [1.165, 1.54) is 4.90 Å². The molecule has 132 valence electrons. The molecule has 0 aromatic heterocycles. The van der Waals surface area contributed by atoms with E-state index in [1.54, 1.807) is 24.3 Å². The van der Waals surface area contributed by atoms with Crippen molar-refractivity contribution in [2.24, 2.45) is 11.8 Å². The highest BCUT2D eigenvalue weighted by atomic mass is 16.5. The Hall–Kier alpha value is -2.38. The molecule has 0 unspecified atom stereocenters. The number of carboxylic acid groups (broad SMARTS) is 1. The molecule has 3 heterocycles. The van der Waals surface area contributed by atoms with Crippen LogP contribution in [0, 0.1) is 11.8 Å². The number of benzene rings is 1. The molecule has 3 aliphatic heterocycles. The third-order valence-electron chi connectivity index (χ3n) is 5.08. The number of carbonyl (C=O) groups is 2. The maximum absolute atomic E-state index is 12.7. The Morgan fingerprint density at radius 2 is 2.16 bits per heavy atom. The molecule has 1 amide bonds. The van der Waals surface area contributed by atoms with Gasteiger partial charge in [0.1, 0.15) is 30.0 Å². The minimum Gasteiger partial charge on any atom is -0.491 e. The highest BCUT2D eigenvalue weighted by molar-refractivity contribution is 5.90. The third kappa shape index (κ3) is 2.60. The van der Waals surface area contributed by atoms with Crippen molar-refractivity contribution in [1.82, 2.24) is 4.90 Å². The molecule has 2 bridgehead atoms. The van der Waals surface area contributed by atoms with Gasteiger partial charge in [0, 0.05) is 0 Å². The number of β-amino-alcohol motifs (C(OH)–C–C–N with tert-alkyl or cyclic N) is 1. The van der Waals surface area contributed by atoms with Gasteiger partial charge in [0.15, 0.2) is 0 Å². The second kappa shape index (κ2) is 5.86. The largest absolute Gasteiger partial charge is 0.491 e. The van der Waals surface area contributed by atoms with Crippen LogP contribution in [-0.2, 0) is 14.3 Å². The molecular weight excluding hydrogens is 326 g/mol. The summed E-state index contributed by atoms with van der Waals surface area (Å²) in [5.74, 6) is -2.24. The zero-order chi connectivity index (χ0) is 17.6. The molecule has 1 aromatic rings. The Morgan fingerprint density at radius 1 is 1.40 bits per heavy atom. The summed E-state index contributed by atoms with van der Waals surface area (Å²) in [7, 11) is 0. The molecule has 2 fully saturated rings. The zero-order valence-electron chi connectivity index (χ0n) is 13.4. The molecule has 0 radical (unpaired) electrons. The summed E-state index contributed by atoms with van der Waals surface area (Å²) in [6.45, 7) is 0.390. The minimum atomic E-state index is -1.02. The number of nitrogens with zero attached hydrogens (tertiary/aromatic N) is 1. The fourth-order valence-electron chi connectivity index (χ4n) is 4.03. The Morgan fingerprint density at radius 3 is 2.88 bits per heavy atom. The SMILES string of the molecule is O=C(O)[C@H]1[C@@H]2C=C[C@]3(CN(C[C@@H](O)COc4ccccc4)C(=O)[C@H]13)O2. The van der Waals surface area contributed by atoms with Crippen molar-refractivity contribution in [3.63, 3.8) is 0 Å². The number of carbonyl (C=O) groups excluding carboxylic acids is 1. The van der Waals surface area contributed by atoms with E-state index < -0.39 is 35.6 Å². The topological polar surface area (TPSA) is 96.3 Å². The van der Waals surface area contributed by atoms with Gasteiger partial charge < -0.3 is 24.6 Å². The molecule has 0 saturated carbocycles. The summed E-state index contributed by atoms with van der Waals surface area (Å²) < 4.78 is 11.3. The smallest absolute Gasteiger partial charge is 0.310 e. The monoisotopic (exact) mass is 345 g/mol. The summed E-state index contributed by atoms with van der Waals surface area (Å²) >= 11 is 0. The van der Waals surface area contributed by atoms with Gasteiger partial charge in [0.05, 0.1) is 25.1 Å². The fourth-order valence-corrected chi connectivity index (χ4v) is 4.03. The van der Waals surface area contributed by atoms with E-state index in [-0.39, 0.29) is 25.6 Å². The van der Waals surface area contributed by atoms with Crippen molar-refractivity contribution in [3.05, 3.63) is 42.5 Å². The Balaban J connectivity index is 1.40. The zero-order valence-corrected chi connectivity index (χ0v) is 13.4. The number of aliphatic carboxylic acids is 1. The molecule has 1 aromatic carbocycles. The van der Waals surface area contributed by atoms with Crippen LogP contribution in [0.5, 0.6) is 5.75 Å². The van der Waals surface area contributed by atoms with Gasteiger partial charge in [-0.15, -0.1) is 0 Å². The number of hydrogen-bond acceptors (Lipinski definition) is 5. The Labute approximate surface area is 144 Å². The van der Waals surface area contributed by atoms with E-state index in [1.807, 2.05) is 18.2 Å². The Bertz CT molecular complexity index is 720. The van der Waals surface area contributed by atoms with E-state index in [0.29, 0.717) is 5.75 Å². The lowest BCUT2D eigenvalue weighted by Gasteiger charge is -2.23. The van der Waals surface area contributed by atoms with E-state index in [4.69, 9.17) is 9.47 Å². The maximum Gasteiger partial charge on any atom is 0.310 e. The predicted molar refractivity (Wildman–Crippen MR) is 85.9 cm³/mol. The molecule has 5 atom stereocenters. The summed E-state index contributed by atoms with van der Waals surface area (Å²) in [5.41, 5.74) is -0.870. The first-order valence-electron chi connectivity index (χ1n) is 8.25. The van der Waals surface area contributed by atoms with Crippen molar-refractivity contribution < 1.29 is 29.3 Å². The average molecular weight is 345 g/mol. The molecule has 25 heavy (non-hydrogen) atoms. The van der Waals surface area contributed by atoms with Gasteiger partial charge in [0.25, 0.3) is 0 Å². The summed E-state index contributed by atoms with van der Waals surface area (Å²) in [6.07, 6.45) is 2.11. The van der Waals surface area contributed by atoms with Gasteiger partial charge in [-0.1, -0.05) is 30.4 Å². The molecule has 1 spiro atoms. The van der Waals surface area contributed by atoms with Crippen LogP contribution in [0.25, 0.3) is 0 Å². The molecular formula is C18H19NO6. The van der Waals surface area contributed by atoms with E-state index in [0.717, 1.165) is 0 Å². The van der Waals surface area contributed by atoms with Gasteiger partial charge in [-0.05, 0) is 12.1 Å². The van der Waals surface area contributed by atoms with E-state index >= 15 is 0 Å². The van der Waals surface area contributed by atoms with Crippen LogP contribution in [-0.4, -0.2) is 64.5 Å². The van der Waals surface area contributed by atoms with Crippen molar-refractivity contribution >= 4 is 11.9 Å². The van der Waals surface area contributed by atoms with Crippen molar-refractivity contribution in [2.75, 3.05) is 19.7 Å². The number of aliphatic hydroxyl groups is 1. The number of carboxylic acids is 1. The van der Waals surface area contributed by atoms with Gasteiger partial charge in [-0.3, -0.25) is 9.59 Å². The van der Waals surface area contributed by atoms with Crippen molar-refractivity contribution in [3.8, 4) is 5.75 Å². The molecule has 3 aliphatic rings. The van der Waals surface area contributed by atoms with Crippen LogP contribution in [0.4, 0.5) is 0 Å². The van der Waals surface area contributed by atoms with Gasteiger partial charge in [-0.2, -0.15) is 0 Å². The van der Waals surface area contributed by atoms with Crippen molar-refractivity contribution in [1.29, 1.82) is 0 Å². The molecule has 0 aliphatic carbocycles. The van der Waals surface area contributed by atoms with Gasteiger partial charge >= 0.3 is 5.97 Å². The van der Waals surface area contributed by atoms with Crippen LogP contribution >= 0.6 is 0 Å². The summed E-state index contributed by atoms with van der Waals surface area (Å²) in [5, 5.41) is 19.6. The number of rotatable bonds is 6. The number of fused-ring (bicyclic) bond motifs is 1. The lowest BCUT2D eigenvalue weighted by atomic mass is 9.77. The molecule has 2 saturated heterocycles. The highest BCUT2D eigenvalue weighted by Gasteiger charge is 2.67. The first-order chi connectivity index (χ1) is 12.0. The van der Waals surface area contributed by atoms with E-state index in [2.05, 4.69) is 0 Å². The summed E-state index contributed by atoms with van der Waals surface area (Å²) in [6, 6.07) is 9.10. The Kier molecular flexibility index (Phi) is 3.77. The second-order valence-electron chi connectivity index (χ2n) is 6.73. The third-order valence-corrected chi connectivity index (χ3v) is 5.08. The van der Waals surface area contributed by atoms with Gasteiger partial charge in [-0.25, -0.2) is 0 Å². The maximum atomic E-state index is 12.7. The first-order valence-corrected chi connectivity index (χ1v) is 8.25. The fraction of sp³-hybridized carbons (Fsp3) is 0.444. The van der Waals surface area contributed by atoms with Crippen LogP contribution in [0.15, 0.2) is 42.5 Å². The molecule has 4 rings (SSSR count). The molecule has 2 N–H and O–H groups in total. The van der Waals surface area contributed by atoms with Crippen LogP contribution < -0.4 is 4.74 Å². The predicted octanol–water partition coefficient (Wildman–Crippen LogP) is 0.293. The number of likely N-dealkylation sites (tertiary alicyclic amines) is 1. The number of hydrogen-bond donors (Lipinski definition) is 2. The normalized spacial score (nSPS) is 33.6. The quantitative estimate of drug-likeness (QED) is 0.720. The summed E-state index contributed by atoms with van der Waals surface area (Å²) in [4.78, 5) is 25.7. The number of aliphatic hydroxyl groups excluding tert-OH is 1. The second-order valence-corrected chi connectivity index (χ2v) is 6.73. The van der Waals surface area contributed by atoms with Crippen LogP contribution in [0.1, 0.15) is 0 Å².